The van der Waals surface area contributed by atoms with E-state index in [9.17, 15) is 0 Å². The first-order chi connectivity index (χ1) is 10.3. The molecule has 2 rings (SSSR count). The van der Waals surface area contributed by atoms with Gasteiger partial charge in [-0.3, -0.25) is 0 Å². The third-order valence-corrected chi connectivity index (χ3v) is 4.52. The number of hydrogen-bond donors (Lipinski definition) is 1. The van der Waals surface area contributed by atoms with Crippen LogP contribution in [0.15, 0.2) is 53.4 Å². The lowest BCUT2D eigenvalue weighted by atomic mass is 9.96. The third-order valence-electron chi connectivity index (χ3n) is 3.63. The summed E-state index contributed by atoms with van der Waals surface area (Å²) in [6.45, 7) is 7.53. The second-order valence-corrected chi connectivity index (χ2v) is 6.43. The maximum absolute atomic E-state index is 3.61. The van der Waals surface area contributed by atoms with Gasteiger partial charge in [-0.05, 0) is 47.5 Å². The second-order valence-electron chi connectivity index (χ2n) is 5.09. The molecule has 0 bridgehead atoms. The van der Waals surface area contributed by atoms with E-state index < -0.39 is 0 Å². The molecule has 1 atom stereocenters. The van der Waals surface area contributed by atoms with Gasteiger partial charge in [-0.2, -0.15) is 0 Å². The summed E-state index contributed by atoms with van der Waals surface area (Å²) in [5, 5.41) is 3.61. The molecule has 1 N–H and O–H groups in total. The van der Waals surface area contributed by atoms with E-state index in [2.05, 4.69) is 74.6 Å². The molecule has 0 fully saturated rings. The molecule has 0 aliphatic rings. The van der Waals surface area contributed by atoms with Crippen LogP contribution in [0.4, 0.5) is 0 Å². The summed E-state index contributed by atoms with van der Waals surface area (Å²) in [7, 11) is 0. The minimum absolute atomic E-state index is 0.280. The number of hydrogen-bond acceptors (Lipinski definition) is 2. The lowest BCUT2D eigenvalue weighted by Gasteiger charge is -2.20. The van der Waals surface area contributed by atoms with E-state index in [0.717, 1.165) is 18.7 Å². The third kappa shape index (κ3) is 4.36. The summed E-state index contributed by atoms with van der Waals surface area (Å²) < 4.78 is 0. The van der Waals surface area contributed by atoms with Crippen molar-refractivity contribution in [2.75, 3.05) is 12.3 Å². The zero-order valence-electron chi connectivity index (χ0n) is 13.2. The number of benzene rings is 2. The van der Waals surface area contributed by atoms with Crippen molar-refractivity contribution in [1.82, 2.24) is 5.32 Å². The van der Waals surface area contributed by atoms with Gasteiger partial charge in [-0.15, -0.1) is 11.8 Å². The molecule has 0 saturated heterocycles. The van der Waals surface area contributed by atoms with Gasteiger partial charge in [0.25, 0.3) is 0 Å². The van der Waals surface area contributed by atoms with Crippen molar-refractivity contribution in [2.24, 2.45) is 0 Å². The summed E-state index contributed by atoms with van der Waals surface area (Å²) in [5.74, 6) is 1.12. The lowest BCUT2D eigenvalue weighted by molar-refractivity contribution is 0.629. The van der Waals surface area contributed by atoms with Crippen LogP contribution in [0.1, 0.15) is 43.5 Å². The van der Waals surface area contributed by atoms with E-state index in [4.69, 9.17) is 0 Å². The van der Waals surface area contributed by atoms with Crippen molar-refractivity contribution in [3.63, 3.8) is 0 Å². The highest BCUT2D eigenvalue weighted by molar-refractivity contribution is 7.99. The molecule has 112 valence electrons. The molecule has 2 heteroatoms. The van der Waals surface area contributed by atoms with Crippen molar-refractivity contribution >= 4 is 11.8 Å². The average Bonchev–Trinajstić information content (AvgIpc) is 2.54. The van der Waals surface area contributed by atoms with E-state index in [1.54, 1.807) is 0 Å². The number of rotatable bonds is 7. The Bertz CT molecular complexity index is 548. The van der Waals surface area contributed by atoms with Crippen LogP contribution in [-0.2, 0) is 6.42 Å². The Morgan fingerprint density at radius 1 is 0.952 bits per heavy atom. The van der Waals surface area contributed by atoms with Gasteiger partial charge in [-0.25, -0.2) is 0 Å². The summed E-state index contributed by atoms with van der Waals surface area (Å²) in [4.78, 5) is 1.35. The minimum atomic E-state index is 0.280. The van der Waals surface area contributed by atoms with Gasteiger partial charge in [0, 0.05) is 4.90 Å². The van der Waals surface area contributed by atoms with E-state index in [1.165, 1.54) is 21.6 Å². The van der Waals surface area contributed by atoms with E-state index in [1.807, 2.05) is 11.8 Å². The molecule has 1 nitrogen and oxygen atoms in total. The molecular formula is C19H25NS. The normalized spacial score (nSPS) is 12.3. The number of thioether (sulfide) groups is 1. The van der Waals surface area contributed by atoms with E-state index >= 15 is 0 Å². The van der Waals surface area contributed by atoms with Gasteiger partial charge in [0.05, 0.1) is 6.04 Å². The van der Waals surface area contributed by atoms with Crippen molar-refractivity contribution in [3.8, 4) is 0 Å². The maximum atomic E-state index is 3.61. The molecule has 0 radical (unpaired) electrons. The van der Waals surface area contributed by atoms with Crippen molar-refractivity contribution < 1.29 is 0 Å². The maximum Gasteiger partial charge on any atom is 0.0576 e. The highest BCUT2D eigenvalue weighted by Crippen LogP contribution is 2.26. The van der Waals surface area contributed by atoms with Crippen LogP contribution >= 0.6 is 11.8 Å². The molecule has 0 spiro atoms. The second kappa shape index (κ2) is 8.26. The fourth-order valence-corrected chi connectivity index (χ4v) is 3.21. The first-order valence-electron chi connectivity index (χ1n) is 7.83. The Labute approximate surface area is 133 Å². The molecule has 2 aromatic rings. The fraction of sp³-hybridized carbons (Fsp3) is 0.368. The molecular weight excluding hydrogens is 274 g/mol. The van der Waals surface area contributed by atoms with Gasteiger partial charge in [-0.1, -0.05) is 57.2 Å². The predicted octanol–water partition coefficient (Wildman–Crippen LogP) is 5.06. The summed E-state index contributed by atoms with van der Waals surface area (Å²) in [6.07, 6.45) is 1.08. The van der Waals surface area contributed by atoms with Gasteiger partial charge in [0.1, 0.15) is 0 Å². The van der Waals surface area contributed by atoms with E-state index in [0.29, 0.717) is 0 Å². The molecule has 21 heavy (non-hydrogen) atoms. The molecule has 0 saturated carbocycles. The highest BCUT2D eigenvalue weighted by atomic mass is 32.2. The lowest BCUT2D eigenvalue weighted by Crippen LogP contribution is -2.22. The predicted molar refractivity (Wildman–Crippen MR) is 94.2 cm³/mol. The Morgan fingerprint density at radius 2 is 1.71 bits per heavy atom. The quantitative estimate of drug-likeness (QED) is 0.717. The van der Waals surface area contributed by atoms with Gasteiger partial charge in [0.2, 0.25) is 0 Å². The van der Waals surface area contributed by atoms with Crippen LogP contribution in [0.25, 0.3) is 0 Å². The van der Waals surface area contributed by atoms with E-state index in [-0.39, 0.29) is 6.04 Å². The fourth-order valence-electron chi connectivity index (χ4n) is 2.55. The molecule has 0 heterocycles. The molecule has 1 unspecified atom stereocenters. The van der Waals surface area contributed by atoms with Crippen LogP contribution in [0.3, 0.4) is 0 Å². The smallest absolute Gasteiger partial charge is 0.0576 e. The van der Waals surface area contributed by atoms with Gasteiger partial charge < -0.3 is 5.32 Å². The van der Waals surface area contributed by atoms with Crippen LogP contribution in [0, 0.1) is 0 Å². The molecule has 0 aliphatic heterocycles. The zero-order valence-corrected chi connectivity index (χ0v) is 14.0. The topological polar surface area (TPSA) is 12.0 Å². The van der Waals surface area contributed by atoms with Crippen LogP contribution in [0.5, 0.6) is 0 Å². The largest absolute Gasteiger partial charge is 0.307 e. The van der Waals surface area contributed by atoms with Gasteiger partial charge >= 0.3 is 0 Å². The van der Waals surface area contributed by atoms with Crippen LogP contribution in [-0.4, -0.2) is 12.3 Å². The van der Waals surface area contributed by atoms with Crippen molar-refractivity contribution in [1.29, 1.82) is 0 Å². The van der Waals surface area contributed by atoms with Gasteiger partial charge in [0.15, 0.2) is 0 Å². The van der Waals surface area contributed by atoms with Crippen molar-refractivity contribution in [2.45, 2.75) is 38.1 Å². The Balaban J connectivity index is 2.28. The Hall–Kier alpha value is -1.25. The van der Waals surface area contributed by atoms with Crippen LogP contribution < -0.4 is 5.32 Å². The Kier molecular flexibility index (Phi) is 6.34. The molecule has 0 aliphatic carbocycles. The highest BCUT2D eigenvalue weighted by Gasteiger charge is 2.13. The molecule has 2 aromatic carbocycles. The minimum Gasteiger partial charge on any atom is -0.307 e. The van der Waals surface area contributed by atoms with Crippen LogP contribution in [0.2, 0.25) is 0 Å². The Morgan fingerprint density at radius 3 is 2.33 bits per heavy atom. The molecule has 0 aromatic heterocycles. The SMILES string of the molecule is CCNC(c1ccc(SCC)cc1)c1cccc(CC)c1. The number of aryl methyl sites for hydroxylation is 1. The standard InChI is InChI=1S/C19H25NS/c1-4-15-8-7-9-17(14-15)19(20-5-2)16-10-12-18(13-11-16)21-6-3/h7-14,19-20H,4-6H2,1-3H3. The summed E-state index contributed by atoms with van der Waals surface area (Å²) >= 11 is 1.89. The molecule has 0 amide bonds. The summed E-state index contributed by atoms with van der Waals surface area (Å²) in [6, 6.07) is 18.2. The zero-order chi connectivity index (χ0) is 15.1. The monoisotopic (exact) mass is 299 g/mol. The van der Waals surface area contributed by atoms with Crippen molar-refractivity contribution in [3.05, 3.63) is 65.2 Å². The number of nitrogens with one attached hydrogen (secondary N) is 1. The first-order valence-corrected chi connectivity index (χ1v) is 8.82. The first kappa shape index (κ1) is 16.1. The average molecular weight is 299 g/mol. The summed E-state index contributed by atoms with van der Waals surface area (Å²) in [5.41, 5.74) is 4.09.